The van der Waals surface area contributed by atoms with Crippen molar-refractivity contribution in [2.24, 2.45) is 0 Å². The van der Waals surface area contributed by atoms with Crippen molar-refractivity contribution >= 4 is 17.6 Å². The number of aliphatic carboxylic acids is 1. The lowest BCUT2D eigenvalue weighted by Crippen LogP contribution is -1.98. The van der Waals surface area contributed by atoms with Gasteiger partial charge in [0.15, 0.2) is 11.5 Å². The average molecular weight is 314 g/mol. The second-order valence-corrected chi connectivity index (χ2v) is 4.75. The van der Waals surface area contributed by atoms with Crippen molar-refractivity contribution < 1.29 is 30.3 Å². The number of carboxylic acids is 1. The summed E-state index contributed by atoms with van der Waals surface area (Å²) in [4.78, 5) is 11.0. The SMILES string of the molecule is C=Cc1c(O)c(O)c(O)c(O)c1-c1cccc(C(=C)C(=O)O)c1. The van der Waals surface area contributed by atoms with Gasteiger partial charge in [0.25, 0.3) is 0 Å². The summed E-state index contributed by atoms with van der Waals surface area (Å²) in [7, 11) is 0. The first-order valence-corrected chi connectivity index (χ1v) is 6.44. The highest BCUT2D eigenvalue weighted by Gasteiger charge is 2.23. The first kappa shape index (κ1) is 16.0. The van der Waals surface area contributed by atoms with E-state index < -0.39 is 29.0 Å². The van der Waals surface area contributed by atoms with Crippen molar-refractivity contribution in [1.82, 2.24) is 0 Å². The van der Waals surface area contributed by atoms with Gasteiger partial charge in [-0.05, 0) is 17.2 Å². The van der Waals surface area contributed by atoms with Gasteiger partial charge in [-0.2, -0.15) is 0 Å². The zero-order valence-corrected chi connectivity index (χ0v) is 11.9. The van der Waals surface area contributed by atoms with Gasteiger partial charge in [-0.1, -0.05) is 37.4 Å². The van der Waals surface area contributed by atoms with Crippen molar-refractivity contribution in [2.45, 2.75) is 0 Å². The smallest absolute Gasteiger partial charge is 0.335 e. The summed E-state index contributed by atoms with van der Waals surface area (Å²) in [6, 6.07) is 6.02. The van der Waals surface area contributed by atoms with Crippen LogP contribution in [-0.2, 0) is 4.79 Å². The van der Waals surface area contributed by atoms with Crippen LogP contribution >= 0.6 is 0 Å². The van der Waals surface area contributed by atoms with Crippen LogP contribution in [0.1, 0.15) is 11.1 Å². The van der Waals surface area contributed by atoms with Crippen molar-refractivity contribution in [3.63, 3.8) is 0 Å². The molecule has 0 aliphatic rings. The van der Waals surface area contributed by atoms with E-state index in [1.165, 1.54) is 30.3 Å². The number of rotatable bonds is 4. The lowest BCUT2D eigenvalue weighted by Gasteiger charge is -2.15. The van der Waals surface area contributed by atoms with Gasteiger partial charge in [0.05, 0.1) is 5.57 Å². The van der Waals surface area contributed by atoms with E-state index in [1.807, 2.05) is 0 Å². The monoisotopic (exact) mass is 314 g/mol. The van der Waals surface area contributed by atoms with E-state index in [4.69, 9.17) is 5.11 Å². The summed E-state index contributed by atoms with van der Waals surface area (Å²) in [5.41, 5.74) is 0.446. The van der Waals surface area contributed by atoms with Crippen LogP contribution in [0.3, 0.4) is 0 Å². The maximum atomic E-state index is 11.0. The Bertz CT molecular complexity index is 835. The van der Waals surface area contributed by atoms with Crippen LogP contribution in [0, 0.1) is 0 Å². The molecule has 0 spiro atoms. The zero-order chi connectivity index (χ0) is 17.3. The van der Waals surface area contributed by atoms with Crippen molar-refractivity contribution in [3.8, 4) is 34.1 Å². The fraction of sp³-hybridized carbons (Fsp3) is 0. The molecule has 6 nitrogen and oxygen atoms in total. The van der Waals surface area contributed by atoms with Crippen LogP contribution < -0.4 is 0 Å². The van der Waals surface area contributed by atoms with Crippen LogP contribution in [-0.4, -0.2) is 31.5 Å². The van der Waals surface area contributed by atoms with Gasteiger partial charge < -0.3 is 25.5 Å². The van der Waals surface area contributed by atoms with Gasteiger partial charge in [0, 0.05) is 11.1 Å². The molecule has 118 valence electrons. The fourth-order valence-corrected chi connectivity index (χ4v) is 2.19. The van der Waals surface area contributed by atoms with E-state index in [9.17, 15) is 25.2 Å². The molecule has 0 radical (unpaired) electrons. The summed E-state index contributed by atoms with van der Waals surface area (Å²) in [6.45, 7) is 6.95. The third kappa shape index (κ3) is 2.57. The normalized spacial score (nSPS) is 10.3. The number of hydrogen-bond acceptors (Lipinski definition) is 5. The predicted octanol–water partition coefficient (Wildman–Crippen LogP) is 2.92. The first-order chi connectivity index (χ1) is 10.8. The average Bonchev–Trinajstić information content (AvgIpc) is 2.55. The molecule has 2 aromatic carbocycles. The van der Waals surface area contributed by atoms with Crippen LogP contribution in [0.25, 0.3) is 22.8 Å². The second kappa shape index (κ2) is 5.76. The summed E-state index contributed by atoms with van der Waals surface area (Å²) >= 11 is 0. The Balaban J connectivity index is 2.77. The molecular formula is C17H14O6. The standard InChI is InChI=1S/C17H14O6/c1-3-11-12(14(19)16(21)15(20)13(11)18)10-6-4-5-9(7-10)8(2)17(22)23/h3-7,18-21H,1-2H2,(H,22,23). The summed E-state index contributed by atoms with van der Waals surface area (Å²) in [5, 5.41) is 48.3. The molecule has 6 heteroatoms. The molecule has 2 aromatic rings. The molecule has 0 aliphatic carbocycles. The lowest BCUT2D eigenvalue weighted by atomic mass is 9.94. The third-order valence-corrected chi connectivity index (χ3v) is 3.40. The Labute approximate surface area is 131 Å². The number of hydrogen-bond donors (Lipinski definition) is 5. The van der Waals surface area contributed by atoms with Gasteiger partial charge in [-0.25, -0.2) is 4.79 Å². The maximum Gasteiger partial charge on any atom is 0.335 e. The Kier molecular flexibility index (Phi) is 4.00. The molecule has 0 saturated carbocycles. The van der Waals surface area contributed by atoms with E-state index in [0.717, 1.165) is 0 Å². The molecular weight excluding hydrogens is 300 g/mol. The maximum absolute atomic E-state index is 11.0. The Hall–Kier alpha value is -3.41. The molecule has 0 atom stereocenters. The fourth-order valence-electron chi connectivity index (χ4n) is 2.19. The third-order valence-electron chi connectivity index (χ3n) is 3.40. The summed E-state index contributed by atoms with van der Waals surface area (Å²) in [5.74, 6) is -4.26. The van der Waals surface area contributed by atoms with Crippen LogP contribution in [0.4, 0.5) is 0 Å². The van der Waals surface area contributed by atoms with E-state index in [0.29, 0.717) is 5.56 Å². The van der Waals surface area contributed by atoms with E-state index in [-0.39, 0.29) is 22.3 Å². The molecule has 0 amide bonds. The molecule has 0 saturated heterocycles. The number of aromatic hydroxyl groups is 4. The van der Waals surface area contributed by atoms with Crippen molar-refractivity contribution in [3.05, 3.63) is 48.6 Å². The summed E-state index contributed by atoms with van der Waals surface area (Å²) < 4.78 is 0. The molecule has 0 unspecified atom stereocenters. The van der Waals surface area contributed by atoms with Gasteiger partial charge in [-0.3, -0.25) is 0 Å². The highest BCUT2D eigenvalue weighted by molar-refractivity contribution is 6.14. The van der Waals surface area contributed by atoms with Crippen LogP contribution in [0.5, 0.6) is 23.0 Å². The largest absolute Gasteiger partial charge is 0.504 e. The Morgan fingerprint density at radius 2 is 1.61 bits per heavy atom. The van der Waals surface area contributed by atoms with E-state index >= 15 is 0 Å². The molecule has 0 fully saturated rings. The van der Waals surface area contributed by atoms with Gasteiger partial charge >= 0.3 is 5.97 Å². The van der Waals surface area contributed by atoms with Gasteiger partial charge in [0.1, 0.15) is 0 Å². The van der Waals surface area contributed by atoms with Gasteiger partial charge in [0.2, 0.25) is 11.5 Å². The molecule has 0 bridgehead atoms. The van der Waals surface area contributed by atoms with Gasteiger partial charge in [-0.15, -0.1) is 0 Å². The van der Waals surface area contributed by atoms with E-state index in [1.54, 1.807) is 0 Å². The minimum atomic E-state index is -1.20. The minimum absolute atomic E-state index is 0.00381. The number of phenols is 4. The van der Waals surface area contributed by atoms with Crippen molar-refractivity contribution in [2.75, 3.05) is 0 Å². The van der Waals surface area contributed by atoms with Crippen molar-refractivity contribution in [1.29, 1.82) is 0 Å². The quantitative estimate of drug-likeness (QED) is 0.336. The minimum Gasteiger partial charge on any atom is -0.504 e. The Morgan fingerprint density at radius 3 is 2.17 bits per heavy atom. The molecule has 0 aromatic heterocycles. The number of phenolic OH excluding ortho intramolecular Hbond substituents is 4. The number of carbonyl (C=O) groups is 1. The molecule has 0 aliphatic heterocycles. The van der Waals surface area contributed by atoms with Crippen LogP contribution in [0.15, 0.2) is 37.4 Å². The highest BCUT2D eigenvalue weighted by Crippen LogP contribution is 2.51. The molecule has 2 rings (SSSR count). The first-order valence-electron chi connectivity index (χ1n) is 6.44. The predicted molar refractivity (Wildman–Crippen MR) is 85.3 cm³/mol. The Morgan fingerprint density at radius 1 is 1.00 bits per heavy atom. The molecule has 0 heterocycles. The number of benzene rings is 2. The lowest BCUT2D eigenvalue weighted by molar-refractivity contribution is -0.130. The summed E-state index contributed by atoms with van der Waals surface area (Å²) in [6.07, 6.45) is 1.20. The molecule has 5 N–H and O–H groups in total. The second-order valence-electron chi connectivity index (χ2n) is 4.75. The zero-order valence-electron chi connectivity index (χ0n) is 11.9. The molecule has 23 heavy (non-hydrogen) atoms. The van der Waals surface area contributed by atoms with E-state index in [2.05, 4.69) is 13.2 Å². The number of carboxylic acid groups (broad SMARTS) is 1. The topological polar surface area (TPSA) is 118 Å². The highest BCUT2D eigenvalue weighted by atomic mass is 16.4. The van der Waals surface area contributed by atoms with Crippen LogP contribution in [0.2, 0.25) is 0 Å².